The van der Waals surface area contributed by atoms with Gasteiger partial charge >= 0.3 is 0 Å². The highest BCUT2D eigenvalue weighted by Gasteiger charge is 2.24. The summed E-state index contributed by atoms with van der Waals surface area (Å²) in [5.41, 5.74) is 2.69. The van der Waals surface area contributed by atoms with E-state index in [1.807, 2.05) is 12.1 Å². The zero-order chi connectivity index (χ0) is 20.3. The van der Waals surface area contributed by atoms with E-state index in [1.54, 1.807) is 0 Å². The van der Waals surface area contributed by atoms with E-state index in [2.05, 4.69) is 64.4 Å². The van der Waals surface area contributed by atoms with Gasteiger partial charge in [0.15, 0.2) is 0 Å². The van der Waals surface area contributed by atoms with Crippen molar-refractivity contribution in [3.8, 4) is 6.07 Å². The van der Waals surface area contributed by atoms with Crippen LogP contribution in [0.5, 0.6) is 0 Å². The molecule has 0 bridgehead atoms. The van der Waals surface area contributed by atoms with Gasteiger partial charge in [-0.2, -0.15) is 5.26 Å². The van der Waals surface area contributed by atoms with Gasteiger partial charge in [0.25, 0.3) is 0 Å². The van der Waals surface area contributed by atoms with Crippen molar-refractivity contribution in [3.05, 3.63) is 71.8 Å². The van der Waals surface area contributed by atoms with Crippen LogP contribution < -0.4 is 0 Å². The van der Waals surface area contributed by atoms with Gasteiger partial charge in [-0.1, -0.05) is 60.7 Å². The fraction of sp³-hybridized carbons (Fsp3) is 0.480. The molecule has 1 N–H and O–H groups in total. The van der Waals surface area contributed by atoms with Crippen LogP contribution in [0.1, 0.15) is 43.2 Å². The number of hydrogen-bond donors (Lipinski definition) is 1. The molecule has 2 aliphatic heterocycles. The molecule has 0 amide bonds. The zero-order valence-electron chi connectivity index (χ0n) is 17.3. The first-order valence-electron chi connectivity index (χ1n) is 10.8. The molecule has 2 aromatic rings. The first-order chi connectivity index (χ1) is 14.3. The monoisotopic (exact) mass is 391 g/mol. The van der Waals surface area contributed by atoms with Crippen LogP contribution in [0.3, 0.4) is 0 Å². The minimum Gasteiger partial charge on any atom is -0.395 e. The smallest absolute Gasteiger partial charge is 0.0638 e. The Morgan fingerprint density at radius 3 is 1.76 bits per heavy atom. The topological polar surface area (TPSA) is 50.5 Å². The predicted molar refractivity (Wildman–Crippen MR) is 117 cm³/mol. The summed E-state index contributed by atoms with van der Waals surface area (Å²) in [6.45, 7) is 4.54. The van der Waals surface area contributed by atoms with Crippen LogP contribution in [0.25, 0.3) is 0 Å². The van der Waals surface area contributed by atoms with Crippen molar-refractivity contribution in [2.24, 2.45) is 0 Å². The average Bonchev–Trinajstić information content (AvgIpc) is 3.40. The van der Waals surface area contributed by atoms with Gasteiger partial charge in [0.2, 0.25) is 0 Å². The molecule has 0 spiro atoms. The summed E-state index contributed by atoms with van der Waals surface area (Å²) >= 11 is 0. The number of aliphatic hydroxyl groups excluding tert-OH is 1. The van der Waals surface area contributed by atoms with Crippen molar-refractivity contribution >= 4 is 0 Å². The van der Waals surface area contributed by atoms with E-state index in [9.17, 15) is 5.11 Å². The number of benzene rings is 2. The van der Waals surface area contributed by atoms with Crippen LogP contribution in [0, 0.1) is 11.3 Å². The van der Waals surface area contributed by atoms with Gasteiger partial charge in [-0.15, -0.1) is 0 Å². The molecule has 0 aromatic heterocycles. The van der Waals surface area contributed by atoms with E-state index in [1.165, 1.54) is 30.4 Å². The molecular formula is C25H33N3O. The van der Waals surface area contributed by atoms with Crippen LogP contribution in [-0.4, -0.2) is 46.7 Å². The molecule has 0 aliphatic carbocycles. The molecule has 4 rings (SSSR count). The summed E-state index contributed by atoms with van der Waals surface area (Å²) in [4.78, 5) is 4.80. The second-order valence-corrected chi connectivity index (χ2v) is 8.05. The second kappa shape index (κ2) is 11.7. The number of likely N-dealkylation sites (tertiary alicyclic amines) is 2. The number of aliphatic hydroxyl groups is 1. The quantitative estimate of drug-likeness (QED) is 0.801. The first-order valence-corrected chi connectivity index (χ1v) is 10.8. The van der Waals surface area contributed by atoms with E-state index in [0.717, 1.165) is 32.6 Å². The largest absolute Gasteiger partial charge is 0.395 e. The first kappa shape index (κ1) is 21.5. The van der Waals surface area contributed by atoms with Gasteiger partial charge in [0.1, 0.15) is 0 Å². The maximum absolute atomic E-state index is 9.17. The number of nitrogens with zero attached hydrogens (tertiary/aromatic N) is 3. The lowest BCUT2D eigenvalue weighted by molar-refractivity contribution is 0.153. The third-order valence-corrected chi connectivity index (χ3v) is 5.99. The number of nitriles is 1. The fourth-order valence-electron chi connectivity index (χ4n) is 4.39. The molecule has 0 radical (unpaired) electrons. The van der Waals surface area contributed by atoms with Crippen molar-refractivity contribution in [2.45, 2.75) is 57.3 Å². The summed E-state index contributed by atoms with van der Waals surface area (Å²) in [6.07, 6.45) is 5.45. The zero-order valence-corrected chi connectivity index (χ0v) is 17.3. The molecule has 29 heavy (non-hydrogen) atoms. The molecule has 2 aliphatic rings. The van der Waals surface area contributed by atoms with Crippen LogP contribution in [0.15, 0.2) is 60.7 Å². The molecule has 4 heteroatoms. The summed E-state index contributed by atoms with van der Waals surface area (Å²) in [6, 6.07) is 24.1. The standard InChI is InChI=1S/C13H16N2.C12H17NO/c14-9-8-13-7-4-10-15(13)11-12-5-2-1-3-6-12;14-10-12-7-4-8-13(12)9-11-5-2-1-3-6-11/h1-3,5-6,13H,4,7-8,10-11H2;1-3,5-6,12,14H,4,7-10H2. The Hall–Kier alpha value is -2.19. The third kappa shape index (κ3) is 6.68. The predicted octanol–water partition coefficient (Wildman–Crippen LogP) is 4.21. The van der Waals surface area contributed by atoms with E-state index in [4.69, 9.17) is 5.26 Å². The molecule has 4 nitrogen and oxygen atoms in total. The van der Waals surface area contributed by atoms with Crippen molar-refractivity contribution in [2.75, 3.05) is 19.7 Å². The third-order valence-electron chi connectivity index (χ3n) is 5.99. The molecular weight excluding hydrogens is 358 g/mol. The molecule has 2 unspecified atom stereocenters. The van der Waals surface area contributed by atoms with E-state index >= 15 is 0 Å². The Balaban J connectivity index is 0.000000166. The SMILES string of the molecule is N#CCC1CCCN1Cc1ccccc1.OCC1CCCN1Cc1ccccc1. The van der Waals surface area contributed by atoms with Crippen molar-refractivity contribution in [1.29, 1.82) is 5.26 Å². The average molecular weight is 392 g/mol. The van der Waals surface area contributed by atoms with Crippen molar-refractivity contribution in [1.82, 2.24) is 9.80 Å². The maximum atomic E-state index is 9.17. The highest BCUT2D eigenvalue weighted by molar-refractivity contribution is 5.15. The minimum absolute atomic E-state index is 0.298. The summed E-state index contributed by atoms with van der Waals surface area (Å²) in [7, 11) is 0. The highest BCUT2D eigenvalue weighted by atomic mass is 16.3. The van der Waals surface area contributed by atoms with Gasteiger partial charge in [-0.05, 0) is 49.9 Å². The molecule has 2 saturated heterocycles. The fourth-order valence-corrected chi connectivity index (χ4v) is 4.39. The lowest BCUT2D eigenvalue weighted by Gasteiger charge is -2.22. The van der Waals surface area contributed by atoms with Crippen LogP contribution >= 0.6 is 0 Å². The summed E-state index contributed by atoms with van der Waals surface area (Å²) in [5.74, 6) is 0. The second-order valence-electron chi connectivity index (χ2n) is 8.05. The Morgan fingerprint density at radius 1 is 0.793 bits per heavy atom. The summed E-state index contributed by atoms with van der Waals surface area (Å²) in [5, 5.41) is 17.9. The van der Waals surface area contributed by atoms with Gasteiger partial charge in [0.05, 0.1) is 19.1 Å². The molecule has 2 fully saturated rings. The van der Waals surface area contributed by atoms with Crippen LogP contribution in [-0.2, 0) is 13.1 Å². The normalized spacial score (nSPS) is 22.1. The Labute approximate surface area is 175 Å². The molecule has 2 aromatic carbocycles. The van der Waals surface area contributed by atoms with Crippen molar-refractivity contribution in [3.63, 3.8) is 0 Å². The molecule has 154 valence electrons. The number of hydrogen-bond acceptors (Lipinski definition) is 4. The Kier molecular flexibility index (Phi) is 8.70. The van der Waals surface area contributed by atoms with E-state index in [0.29, 0.717) is 25.1 Å². The van der Waals surface area contributed by atoms with Crippen LogP contribution in [0.4, 0.5) is 0 Å². The van der Waals surface area contributed by atoms with Gasteiger partial charge < -0.3 is 5.11 Å². The van der Waals surface area contributed by atoms with E-state index < -0.39 is 0 Å². The number of rotatable bonds is 6. The molecule has 2 atom stereocenters. The van der Waals surface area contributed by atoms with Crippen molar-refractivity contribution < 1.29 is 5.11 Å². The van der Waals surface area contributed by atoms with Crippen LogP contribution in [0.2, 0.25) is 0 Å². The highest BCUT2D eigenvalue weighted by Crippen LogP contribution is 2.22. The lowest BCUT2D eigenvalue weighted by atomic mass is 10.1. The van der Waals surface area contributed by atoms with Gasteiger partial charge in [-0.3, -0.25) is 9.80 Å². The maximum Gasteiger partial charge on any atom is 0.0638 e. The Bertz CT molecular complexity index is 744. The molecule has 0 saturated carbocycles. The summed E-state index contributed by atoms with van der Waals surface area (Å²) < 4.78 is 0. The lowest BCUT2D eigenvalue weighted by Crippen LogP contribution is -2.31. The van der Waals surface area contributed by atoms with E-state index in [-0.39, 0.29) is 0 Å². The molecule has 2 heterocycles. The van der Waals surface area contributed by atoms with Gasteiger partial charge in [0, 0.05) is 25.2 Å². The Morgan fingerprint density at radius 2 is 1.28 bits per heavy atom. The van der Waals surface area contributed by atoms with Gasteiger partial charge in [-0.25, -0.2) is 0 Å². The minimum atomic E-state index is 0.298.